The third kappa shape index (κ3) is 2.68. The molecule has 6 heteroatoms. The molecule has 0 N–H and O–H groups in total. The SMILES string of the molecule is CC1(C)OB(c2cccc3nc(-c4cccc5c4oc4ccccc45)oc23)OC1(C)C. The lowest BCUT2D eigenvalue weighted by Gasteiger charge is -2.32. The number of rotatable bonds is 2. The molecule has 1 saturated heterocycles. The Morgan fingerprint density at radius 2 is 1.42 bits per heavy atom. The van der Waals surface area contributed by atoms with Gasteiger partial charge in [-0.15, -0.1) is 0 Å². The fourth-order valence-corrected chi connectivity index (χ4v) is 4.16. The van der Waals surface area contributed by atoms with E-state index in [1.54, 1.807) is 0 Å². The Morgan fingerprint density at radius 1 is 0.710 bits per heavy atom. The van der Waals surface area contributed by atoms with Crippen LogP contribution >= 0.6 is 0 Å². The van der Waals surface area contributed by atoms with Gasteiger partial charge in [0.25, 0.3) is 0 Å². The molecular weight excluding hydrogens is 389 g/mol. The zero-order chi connectivity index (χ0) is 21.4. The Morgan fingerprint density at radius 3 is 2.23 bits per heavy atom. The van der Waals surface area contributed by atoms with E-state index in [1.165, 1.54) is 0 Å². The number of hydrogen-bond acceptors (Lipinski definition) is 5. The van der Waals surface area contributed by atoms with E-state index in [1.807, 2.05) is 76.2 Å². The largest absolute Gasteiger partial charge is 0.498 e. The summed E-state index contributed by atoms with van der Waals surface area (Å²) in [6, 6.07) is 19.9. The molecule has 6 rings (SSSR count). The smallest absolute Gasteiger partial charge is 0.455 e. The molecule has 3 aromatic carbocycles. The van der Waals surface area contributed by atoms with Gasteiger partial charge < -0.3 is 18.1 Å². The maximum atomic E-state index is 6.31. The van der Waals surface area contributed by atoms with Crippen LogP contribution in [0.2, 0.25) is 0 Å². The maximum Gasteiger partial charge on any atom is 0.498 e. The number of oxazole rings is 1. The molecule has 0 unspecified atom stereocenters. The molecule has 0 aliphatic carbocycles. The molecule has 1 aliphatic heterocycles. The van der Waals surface area contributed by atoms with Crippen molar-refractivity contribution in [3.05, 3.63) is 60.7 Å². The van der Waals surface area contributed by atoms with E-state index < -0.39 is 18.3 Å². The number of nitrogens with zero attached hydrogens (tertiary/aromatic N) is 1. The Balaban J connectivity index is 1.51. The molecule has 5 nitrogen and oxygen atoms in total. The second-order valence-electron chi connectivity index (χ2n) is 9.08. The summed E-state index contributed by atoms with van der Waals surface area (Å²) in [4.78, 5) is 4.77. The molecule has 5 aromatic rings. The highest BCUT2D eigenvalue weighted by Gasteiger charge is 2.52. The fourth-order valence-electron chi connectivity index (χ4n) is 4.16. The molecule has 154 valence electrons. The first-order valence-corrected chi connectivity index (χ1v) is 10.5. The molecule has 1 aliphatic rings. The van der Waals surface area contributed by atoms with Crippen LogP contribution in [-0.2, 0) is 9.31 Å². The maximum absolute atomic E-state index is 6.31. The molecular formula is C25H22BNO4. The predicted molar refractivity (Wildman–Crippen MR) is 122 cm³/mol. The van der Waals surface area contributed by atoms with Gasteiger partial charge in [0.15, 0.2) is 5.58 Å². The number of fused-ring (bicyclic) bond motifs is 4. The first kappa shape index (κ1) is 18.7. The molecule has 1 fully saturated rings. The average molecular weight is 411 g/mol. The van der Waals surface area contributed by atoms with Gasteiger partial charge in [0.05, 0.1) is 16.8 Å². The Bertz CT molecular complexity index is 1450. The standard InChI is InChI=1S/C25H22BNO4/c1-24(2)25(3,4)31-26(30-24)18-12-8-13-19-22(18)29-23(27-19)17-11-7-10-16-15-9-5-6-14-20(15)28-21(16)17/h5-14H,1-4H3. The summed E-state index contributed by atoms with van der Waals surface area (Å²) in [6.07, 6.45) is 0. The minimum absolute atomic E-state index is 0.428. The molecule has 0 spiro atoms. The highest BCUT2D eigenvalue weighted by molar-refractivity contribution is 6.64. The average Bonchev–Trinajstić information content (AvgIpc) is 3.39. The van der Waals surface area contributed by atoms with Crippen molar-refractivity contribution in [2.45, 2.75) is 38.9 Å². The summed E-state index contributed by atoms with van der Waals surface area (Å²) in [6.45, 7) is 8.17. The van der Waals surface area contributed by atoms with Crippen LogP contribution in [0.1, 0.15) is 27.7 Å². The summed E-state index contributed by atoms with van der Waals surface area (Å²) >= 11 is 0. The monoisotopic (exact) mass is 411 g/mol. The lowest BCUT2D eigenvalue weighted by Crippen LogP contribution is -2.41. The summed E-state index contributed by atoms with van der Waals surface area (Å²) < 4.78 is 25.0. The van der Waals surface area contributed by atoms with Crippen LogP contribution in [0, 0.1) is 0 Å². The van der Waals surface area contributed by atoms with Crippen LogP contribution in [0.5, 0.6) is 0 Å². The van der Waals surface area contributed by atoms with Crippen molar-refractivity contribution < 1.29 is 18.1 Å². The van der Waals surface area contributed by atoms with E-state index in [9.17, 15) is 0 Å². The summed E-state index contributed by atoms with van der Waals surface area (Å²) in [5.74, 6) is 0.517. The summed E-state index contributed by atoms with van der Waals surface area (Å²) in [5.41, 5.74) is 3.85. The molecule has 3 heterocycles. The van der Waals surface area contributed by atoms with Crippen molar-refractivity contribution in [3.8, 4) is 11.5 Å². The van der Waals surface area contributed by atoms with Crippen molar-refractivity contribution in [3.63, 3.8) is 0 Å². The number of para-hydroxylation sites is 3. The van der Waals surface area contributed by atoms with Crippen LogP contribution in [-0.4, -0.2) is 23.3 Å². The van der Waals surface area contributed by atoms with Crippen molar-refractivity contribution in [1.82, 2.24) is 4.98 Å². The van der Waals surface area contributed by atoms with E-state index in [-0.39, 0.29) is 0 Å². The van der Waals surface area contributed by atoms with Crippen molar-refractivity contribution in [1.29, 1.82) is 0 Å². The molecule has 2 aromatic heterocycles. The van der Waals surface area contributed by atoms with Crippen molar-refractivity contribution >= 4 is 45.6 Å². The summed E-state index contributed by atoms with van der Waals surface area (Å²) in [5, 5.41) is 2.12. The van der Waals surface area contributed by atoms with Crippen LogP contribution in [0.15, 0.2) is 69.5 Å². The zero-order valence-corrected chi connectivity index (χ0v) is 17.9. The minimum Gasteiger partial charge on any atom is -0.455 e. The van der Waals surface area contributed by atoms with Crippen molar-refractivity contribution in [2.75, 3.05) is 0 Å². The van der Waals surface area contributed by atoms with Crippen LogP contribution in [0.4, 0.5) is 0 Å². The molecule has 31 heavy (non-hydrogen) atoms. The highest BCUT2D eigenvalue weighted by Crippen LogP contribution is 2.38. The van der Waals surface area contributed by atoms with Gasteiger partial charge in [-0.2, -0.15) is 0 Å². The van der Waals surface area contributed by atoms with Gasteiger partial charge in [-0.05, 0) is 45.9 Å². The first-order valence-electron chi connectivity index (χ1n) is 10.5. The second-order valence-corrected chi connectivity index (χ2v) is 9.08. The third-order valence-corrected chi connectivity index (χ3v) is 6.59. The van der Waals surface area contributed by atoms with Gasteiger partial charge in [0.1, 0.15) is 16.7 Å². The number of furan rings is 1. The van der Waals surface area contributed by atoms with Gasteiger partial charge in [-0.25, -0.2) is 4.98 Å². The Labute approximate surface area is 180 Å². The Hall–Kier alpha value is -3.09. The van der Waals surface area contributed by atoms with Gasteiger partial charge in [-0.3, -0.25) is 0 Å². The van der Waals surface area contributed by atoms with E-state index >= 15 is 0 Å². The molecule has 0 saturated carbocycles. The van der Waals surface area contributed by atoms with Crippen molar-refractivity contribution in [2.24, 2.45) is 0 Å². The number of benzene rings is 3. The van der Waals surface area contributed by atoms with Crippen LogP contribution < -0.4 is 5.46 Å². The molecule has 0 bridgehead atoms. The topological polar surface area (TPSA) is 57.6 Å². The molecule has 0 atom stereocenters. The van der Waals surface area contributed by atoms with Crippen LogP contribution in [0.3, 0.4) is 0 Å². The zero-order valence-electron chi connectivity index (χ0n) is 17.9. The second kappa shape index (κ2) is 6.22. The minimum atomic E-state index is -0.517. The highest BCUT2D eigenvalue weighted by atomic mass is 16.7. The van der Waals surface area contributed by atoms with E-state index in [2.05, 4.69) is 12.1 Å². The fraction of sp³-hybridized carbons (Fsp3) is 0.240. The third-order valence-electron chi connectivity index (χ3n) is 6.59. The Kier molecular flexibility index (Phi) is 3.74. The molecule has 0 radical (unpaired) electrons. The molecule has 0 amide bonds. The van der Waals surface area contributed by atoms with E-state index in [4.69, 9.17) is 23.1 Å². The lowest BCUT2D eigenvalue weighted by atomic mass is 9.78. The quantitative estimate of drug-likeness (QED) is 0.349. The van der Waals surface area contributed by atoms with Gasteiger partial charge >= 0.3 is 7.12 Å². The van der Waals surface area contributed by atoms with Gasteiger partial charge in [0, 0.05) is 16.2 Å². The van der Waals surface area contributed by atoms with Gasteiger partial charge in [0.2, 0.25) is 5.89 Å². The number of hydrogen-bond donors (Lipinski definition) is 0. The van der Waals surface area contributed by atoms with Gasteiger partial charge in [-0.1, -0.05) is 42.5 Å². The predicted octanol–water partition coefficient (Wildman–Crippen LogP) is 5.69. The summed E-state index contributed by atoms with van der Waals surface area (Å²) in [7, 11) is -0.517. The lowest BCUT2D eigenvalue weighted by molar-refractivity contribution is 0.00578. The van der Waals surface area contributed by atoms with Crippen LogP contribution in [0.25, 0.3) is 44.5 Å². The normalized spacial score (nSPS) is 17.9. The first-order chi connectivity index (χ1) is 14.8. The van der Waals surface area contributed by atoms with E-state index in [0.717, 1.165) is 38.5 Å². The number of aromatic nitrogens is 1. The van der Waals surface area contributed by atoms with E-state index in [0.29, 0.717) is 11.5 Å².